The van der Waals surface area contributed by atoms with E-state index >= 15 is 0 Å². The average molecular weight is 683 g/mol. The minimum Gasteiger partial charge on any atom is -0.780 e. The minimum absolute atomic E-state index is 0. The van der Waals surface area contributed by atoms with Crippen LogP contribution in [0.5, 0.6) is 0 Å². The first-order valence-electron chi connectivity index (χ1n) is 9.76. The van der Waals surface area contributed by atoms with Crippen molar-refractivity contribution in [2.75, 3.05) is 0 Å². The summed E-state index contributed by atoms with van der Waals surface area (Å²) in [5, 5.41) is 0.648. The maximum Gasteiger partial charge on any atom is 2.00 e. The fourth-order valence-corrected chi connectivity index (χ4v) is 2.86. The molecule has 0 aromatic carbocycles. The fourth-order valence-electron chi connectivity index (χ4n) is 2.46. The van der Waals surface area contributed by atoms with Crippen molar-refractivity contribution in [2.45, 2.75) is 9.79 Å². The molecular formula is C25H18ClN5PtS2. The molecule has 5 aromatic rings. The zero-order chi connectivity index (χ0) is 23.3. The van der Waals surface area contributed by atoms with Crippen LogP contribution in [0, 0.1) is 0 Å². The molecule has 0 amide bonds. The molecule has 0 fully saturated rings. The number of rotatable bonds is 2. The van der Waals surface area contributed by atoms with Gasteiger partial charge in [0.15, 0.2) is 0 Å². The van der Waals surface area contributed by atoms with Crippen LogP contribution >= 0.6 is 11.6 Å². The van der Waals surface area contributed by atoms with Crippen LogP contribution in [0.3, 0.4) is 0 Å². The summed E-state index contributed by atoms with van der Waals surface area (Å²) >= 11 is 15.5. The summed E-state index contributed by atoms with van der Waals surface area (Å²) in [4.78, 5) is 22.4. The van der Waals surface area contributed by atoms with Crippen molar-refractivity contribution in [3.05, 3.63) is 115 Å². The quantitative estimate of drug-likeness (QED) is 0.217. The van der Waals surface area contributed by atoms with E-state index in [9.17, 15) is 0 Å². The molecule has 34 heavy (non-hydrogen) atoms. The fraction of sp³-hybridized carbons (Fsp3) is 0. The van der Waals surface area contributed by atoms with Crippen LogP contribution in [0.25, 0.3) is 22.8 Å². The SMILES string of the molecule is Clc1ccnc(-c2cccc(-c3ccccn3)n2)c1.[Pt+2].[S-]c1ccncc1.[S-]c1ccncc1. The maximum absolute atomic E-state index is 5.97. The van der Waals surface area contributed by atoms with E-state index < -0.39 is 0 Å². The van der Waals surface area contributed by atoms with Crippen molar-refractivity contribution < 1.29 is 21.1 Å². The second kappa shape index (κ2) is 15.1. The largest absolute Gasteiger partial charge is 2.00 e. The molecule has 0 radical (unpaired) electrons. The first kappa shape index (κ1) is 27.4. The molecule has 0 N–H and O–H groups in total. The smallest absolute Gasteiger partial charge is 0.780 e. The molecule has 0 atom stereocenters. The summed E-state index contributed by atoms with van der Waals surface area (Å²) in [6.45, 7) is 0. The summed E-state index contributed by atoms with van der Waals surface area (Å²) in [5.74, 6) is 0. The first-order valence-corrected chi connectivity index (χ1v) is 11.0. The van der Waals surface area contributed by atoms with E-state index in [1.54, 1.807) is 73.6 Å². The molecular weight excluding hydrogens is 665 g/mol. The average Bonchev–Trinajstić information content (AvgIpc) is 2.86. The summed E-state index contributed by atoms with van der Waals surface area (Å²) < 4.78 is 0. The van der Waals surface area contributed by atoms with E-state index in [1.807, 2.05) is 36.4 Å². The van der Waals surface area contributed by atoms with Gasteiger partial charge in [-0.25, -0.2) is 4.98 Å². The van der Waals surface area contributed by atoms with Crippen LogP contribution in [-0.2, 0) is 46.3 Å². The van der Waals surface area contributed by atoms with E-state index in [1.165, 1.54) is 0 Å². The summed E-state index contributed by atoms with van der Waals surface area (Å²) in [6.07, 6.45) is 10.2. The third kappa shape index (κ3) is 9.57. The number of hydrogen-bond acceptors (Lipinski definition) is 7. The van der Waals surface area contributed by atoms with Gasteiger partial charge in [-0.15, -0.1) is 0 Å². The zero-order valence-corrected chi connectivity index (χ0v) is 22.3. The zero-order valence-electron chi connectivity index (χ0n) is 17.6. The molecule has 0 spiro atoms. The van der Waals surface area contributed by atoms with Crippen molar-refractivity contribution in [3.63, 3.8) is 0 Å². The topological polar surface area (TPSA) is 64.5 Å². The van der Waals surface area contributed by atoms with Gasteiger partial charge >= 0.3 is 21.1 Å². The standard InChI is InChI=1S/C15H10ClN3.2C5H5NS.Pt/c16-11-7-9-18-15(10-11)14-6-3-5-13(19-14)12-4-1-2-8-17-12;2*7-5-1-3-6-4-2-5;/h1-10H;2*1-4H,(H,6,7);/q;;;+2/p-2. The number of hydrogen-bond donors (Lipinski definition) is 0. The Morgan fingerprint density at radius 2 is 1.06 bits per heavy atom. The molecule has 5 heterocycles. The van der Waals surface area contributed by atoms with Gasteiger partial charge in [-0.1, -0.05) is 48.0 Å². The van der Waals surface area contributed by atoms with Crippen molar-refractivity contribution in [1.29, 1.82) is 0 Å². The Morgan fingerprint density at radius 3 is 1.53 bits per heavy atom. The Hall–Kier alpha value is -2.83. The molecule has 9 heteroatoms. The number of nitrogens with zero attached hydrogens (tertiary/aromatic N) is 5. The molecule has 0 aliphatic rings. The Morgan fingerprint density at radius 1 is 0.529 bits per heavy atom. The van der Waals surface area contributed by atoms with E-state index in [4.69, 9.17) is 36.9 Å². The Balaban J connectivity index is 0.000000224. The Bertz CT molecular complexity index is 1210. The van der Waals surface area contributed by atoms with Crippen molar-refractivity contribution in [2.24, 2.45) is 0 Å². The number of pyridine rings is 5. The third-order valence-electron chi connectivity index (χ3n) is 3.96. The molecule has 5 nitrogen and oxygen atoms in total. The second-order valence-electron chi connectivity index (χ2n) is 6.35. The predicted molar refractivity (Wildman–Crippen MR) is 135 cm³/mol. The van der Waals surface area contributed by atoms with Gasteiger partial charge in [0, 0.05) is 42.2 Å². The maximum atomic E-state index is 5.97. The Labute approximate surface area is 229 Å². The van der Waals surface area contributed by atoms with E-state index in [0.29, 0.717) is 5.02 Å². The van der Waals surface area contributed by atoms with Gasteiger partial charge in [0.05, 0.1) is 22.8 Å². The molecule has 0 saturated carbocycles. The monoisotopic (exact) mass is 682 g/mol. The van der Waals surface area contributed by atoms with Gasteiger partial charge in [0.1, 0.15) is 0 Å². The van der Waals surface area contributed by atoms with Gasteiger partial charge in [0.25, 0.3) is 0 Å². The Kier molecular flexibility index (Phi) is 12.2. The van der Waals surface area contributed by atoms with Gasteiger partial charge in [-0.05, 0) is 36.4 Å². The molecule has 172 valence electrons. The summed E-state index contributed by atoms with van der Waals surface area (Å²) in [7, 11) is 0. The molecule has 0 bridgehead atoms. The van der Waals surface area contributed by atoms with Crippen molar-refractivity contribution in [3.8, 4) is 22.8 Å². The normalized spacial score (nSPS) is 9.32. The van der Waals surface area contributed by atoms with Gasteiger partial charge < -0.3 is 25.3 Å². The second-order valence-corrected chi connectivity index (χ2v) is 7.73. The number of aromatic nitrogens is 5. The van der Waals surface area contributed by atoms with E-state index in [0.717, 1.165) is 32.6 Å². The van der Waals surface area contributed by atoms with Gasteiger partial charge in [0.2, 0.25) is 0 Å². The van der Waals surface area contributed by atoms with Crippen LogP contribution in [0.15, 0.2) is 120 Å². The third-order valence-corrected chi connectivity index (χ3v) is 4.74. The predicted octanol–water partition coefficient (Wildman–Crippen LogP) is 5.83. The van der Waals surface area contributed by atoms with E-state index in [2.05, 4.69) is 24.9 Å². The molecule has 0 aliphatic carbocycles. The molecule has 0 unspecified atom stereocenters. The molecule has 0 saturated heterocycles. The molecule has 0 aliphatic heterocycles. The molecule has 5 rings (SSSR count). The minimum atomic E-state index is 0. The van der Waals surface area contributed by atoms with Crippen LogP contribution in [0.2, 0.25) is 5.02 Å². The summed E-state index contributed by atoms with van der Waals surface area (Å²) in [5.41, 5.74) is 3.20. The van der Waals surface area contributed by atoms with Crippen LogP contribution < -0.4 is 0 Å². The van der Waals surface area contributed by atoms with Crippen LogP contribution in [0.1, 0.15) is 0 Å². The first-order chi connectivity index (χ1) is 16.1. The van der Waals surface area contributed by atoms with Crippen molar-refractivity contribution in [1.82, 2.24) is 24.9 Å². The summed E-state index contributed by atoms with van der Waals surface area (Å²) in [6, 6.07) is 22.2. The van der Waals surface area contributed by atoms with Crippen molar-refractivity contribution >= 4 is 36.9 Å². The van der Waals surface area contributed by atoms with Gasteiger partial charge in [-0.2, -0.15) is 9.79 Å². The molecule has 5 aromatic heterocycles. The van der Waals surface area contributed by atoms with E-state index in [-0.39, 0.29) is 21.1 Å². The van der Waals surface area contributed by atoms with Crippen LogP contribution in [-0.4, -0.2) is 24.9 Å². The van der Waals surface area contributed by atoms with Crippen LogP contribution in [0.4, 0.5) is 0 Å². The number of halogens is 1. The van der Waals surface area contributed by atoms with Gasteiger partial charge in [-0.3, -0.25) is 19.9 Å².